The molecule has 0 radical (unpaired) electrons. The Bertz CT molecular complexity index is 765. The van der Waals surface area contributed by atoms with Gasteiger partial charge in [-0.1, -0.05) is 52.3 Å². The van der Waals surface area contributed by atoms with E-state index in [4.69, 9.17) is 8.61 Å². The lowest BCUT2D eigenvalue weighted by molar-refractivity contribution is -0.0440. The molecule has 1 fully saturated rings. The molecule has 1 aromatic carbocycles. The average molecular weight is 427 g/mol. The number of rotatable bonds is 8. The van der Waals surface area contributed by atoms with Gasteiger partial charge in [0, 0.05) is 6.61 Å². The summed E-state index contributed by atoms with van der Waals surface area (Å²) in [6.07, 6.45) is 2.23. The molecule has 0 saturated heterocycles. The quantitative estimate of drug-likeness (QED) is 0.391. The molecule has 2 rings (SSSR count). The van der Waals surface area contributed by atoms with Crippen molar-refractivity contribution in [3.8, 4) is 0 Å². The first kappa shape index (κ1) is 23.6. The summed E-state index contributed by atoms with van der Waals surface area (Å²) in [5.41, 5.74) is 1.13. The van der Waals surface area contributed by atoms with Crippen molar-refractivity contribution in [2.24, 2.45) is 17.3 Å². The zero-order valence-corrected chi connectivity index (χ0v) is 20.7. The van der Waals surface area contributed by atoms with E-state index in [-0.39, 0.29) is 27.9 Å². The van der Waals surface area contributed by atoms with Crippen molar-refractivity contribution in [3.05, 3.63) is 29.8 Å². The van der Waals surface area contributed by atoms with Crippen molar-refractivity contribution in [1.29, 1.82) is 0 Å². The van der Waals surface area contributed by atoms with Crippen LogP contribution < -0.4 is 0 Å². The highest BCUT2D eigenvalue weighted by Crippen LogP contribution is 2.51. The summed E-state index contributed by atoms with van der Waals surface area (Å²) in [5.74, 6) is 0.590. The summed E-state index contributed by atoms with van der Waals surface area (Å²) in [6, 6.07) is 6.80. The molecular weight excluding hydrogens is 388 g/mol. The van der Waals surface area contributed by atoms with Crippen LogP contribution in [0.2, 0.25) is 18.1 Å². The van der Waals surface area contributed by atoms with Crippen molar-refractivity contribution in [1.82, 2.24) is 0 Å². The maximum absolute atomic E-state index is 12.5. The van der Waals surface area contributed by atoms with Crippen molar-refractivity contribution in [3.63, 3.8) is 0 Å². The van der Waals surface area contributed by atoms with E-state index in [9.17, 15) is 8.42 Å². The molecule has 3 atom stereocenters. The minimum Gasteiger partial charge on any atom is -0.416 e. The van der Waals surface area contributed by atoms with Gasteiger partial charge >= 0.3 is 0 Å². The van der Waals surface area contributed by atoms with Crippen LogP contribution in [0.3, 0.4) is 0 Å². The van der Waals surface area contributed by atoms with Crippen LogP contribution >= 0.6 is 0 Å². The molecular formula is C22H38O4SSi. The Morgan fingerprint density at radius 2 is 1.79 bits per heavy atom. The third-order valence-corrected chi connectivity index (χ3v) is 12.7. The van der Waals surface area contributed by atoms with E-state index in [1.165, 1.54) is 0 Å². The molecule has 160 valence electrons. The first-order valence-electron chi connectivity index (χ1n) is 10.3. The first-order chi connectivity index (χ1) is 12.7. The number of benzene rings is 1. The number of hydrogen-bond acceptors (Lipinski definition) is 4. The van der Waals surface area contributed by atoms with Gasteiger partial charge in [-0.25, -0.2) is 0 Å². The predicted molar refractivity (Wildman–Crippen MR) is 117 cm³/mol. The van der Waals surface area contributed by atoms with Gasteiger partial charge in [0.25, 0.3) is 10.1 Å². The molecule has 0 amide bonds. The van der Waals surface area contributed by atoms with Crippen LogP contribution in [-0.4, -0.2) is 29.9 Å². The smallest absolute Gasteiger partial charge is 0.296 e. The van der Waals surface area contributed by atoms with E-state index in [1.54, 1.807) is 24.3 Å². The van der Waals surface area contributed by atoms with Gasteiger partial charge in [0.2, 0.25) is 0 Å². The molecule has 1 aliphatic rings. The molecule has 28 heavy (non-hydrogen) atoms. The molecule has 0 aliphatic heterocycles. The fourth-order valence-electron chi connectivity index (χ4n) is 3.60. The topological polar surface area (TPSA) is 52.6 Å². The second-order valence-corrected chi connectivity index (χ2v) is 16.8. The lowest BCUT2D eigenvalue weighted by Gasteiger charge is -2.52. The average Bonchev–Trinajstić information content (AvgIpc) is 2.56. The van der Waals surface area contributed by atoms with Gasteiger partial charge in [-0.2, -0.15) is 8.42 Å². The van der Waals surface area contributed by atoms with Crippen LogP contribution in [0.25, 0.3) is 0 Å². The van der Waals surface area contributed by atoms with Gasteiger partial charge in [0.05, 0.1) is 11.5 Å². The Morgan fingerprint density at radius 1 is 1.21 bits per heavy atom. The summed E-state index contributed by atoms with van der Waals surface area (Å²) in [6.45, 7) is 18.6. The van der Waals surface area contributed by atoms with E-state index in [0.717, 1.165) is 25.0 Å². The highest BCUT2D eigenvalue weighted by molar-refractivity contribution is 7.86. The monoisotopic (exact) mass is 426 g/mol. The zero-order chi connectivity index (χ0) is 21.4. The van der Waals surface area contributed by atoms with Gasteiger partial charge in [-0.05, 0) is 67.3 Å². The molecule has 0 bridgehead atoms. The largest absolute Gasteiger partial charge is 0.416 e. The SMILES string of the molecule is Cc1ccc(S(=O)(=O)OC[C@@H](C)[C@@H]2CC[C@@]2(C)CO[Si](C)(C)C(C)(C)C)cc1. The molecule has 0 aromatic heterocycles. The minimum atomic E-state index is -3.71. The van der Waals surface area contributed by atoms with Crippen molar-refractivity contribution in [2.75, 3.05) is 13.2 Å². The second-order valence-electron chi connectivity index (χ2n) is 10.4. The van der Waals surface area contributed by atoms with Crippen molar-refractivity contribution < 1.29 is 17.0 Å². The maximum atomic E-state index is 12.5. The number of aryl methyl sites for hydroxylation is 1. The maximum Gasteiger partial charge on any atom is 0.296 e. The molecule has 4 nitrogen and oxygen atoms in total. The Balaban J connectivity index is 1.95. The Hall–Kier alpha value is -0.693. The minimum absolute atomic E-state index is 0.103. The molecule has 0 unspecified atom stereocenters. The molecule has 1 aliphatic carbocycles. The van der Waals surface area contributed by atoms with E-state index in [2.05, 4.69) is 47.7 Å². The highest BCUT2D eigenvalue weighted by atomic mass is 32.2. The summed E-state index contributed by atoms with van der Waals surface area (Å²) in [7, 11) is -5.49. The van der Waals surface area contributed by atoms with E-state index >= 15 is 0 Å². The van der Waals surface area contributed by atoms with Gasteiger partial charge in [-0.3, -0.25) is 4.18 Å². The summed E-state index contributed by atoms with van der Waals surface area (Å²) < 4.78 is 36.8. The second kappa shape index (κ2) is 8.21. The fraction of sp³-hybridized carbons (Fsp3) is 0.727. The molecule has 0 spiro atoms. The molecule has 0 heterocycles. The van der Waals surface area contributed by atoms with Crippen LogP contribution in [-0.2, 0) is 18.7 Å². The first-order valence-corrected chi connectivity index (χ1v) is 14.6. The van der Waals surface area contributed by atoms with Crippen molar-refractivity contribution in [2.45, 2.75) is 77.4 Å². The van der Waals surface area contributed by atoms with Gasteiger partial charge in [0.1, 0.15) is 0 Å². The fourth-order valence-corrected chi connectivity index (χ4v) is 5.73. The highest BCUT2D eigenvalue weighted by Gasteiger charge is 2.48. The normalized spacial score (nSPS) is 24.6. The van der Waals surface area contributed by atoms with E-state index < -0.39 is 18.4 Å². The van der Waals surface area contributed by atoms with Crippen LogP contribution in [0.15, 0.2) is 29.2 Å². The van der Waals surface area contributed by atoms with Gasteiger partial charge < -0.3 is 4.43 Å². The molecule has 6 heteroatoms. The zero-order valence-electron chi connectivity index (χ0n) is 18.8. The third kappa shape index (κ3) is 5.26. The van der Waals surface area contributed by atoms with Gasteiger partial charge in [0.15, 0.2) is 8.32 Å². The van der Waals surface area contributed by atoms with E-state index in [1.807, 2.05) is 6.92 Å². The lowest BCUT2D eigenvalue weighted by atomic mass is 9.57. The van der Waals surface area contributed by atoms with Crippen LogP contribution in [0.5, 0.6) is 0 Å². The lowest BCUT2D eigenvalue weighted by Crippen LogP contribution is -2.50. The summed E-state index contributed by atoms with van der Waals surface area (Å²) >= 11 is 0. The van der Waals surface area contributed by atoms with Crippen LogP contribution in [0, 0.1) is 24.2 Å². The van der Waals surface area contributed by atoms with Crippen LogP contribution in [0.1, 0.15) is 53.0 Å². The van der Waals surface area contributed by atoms with Crippen LogP contribution in [0.4, 0.5) is 0 Å². The van der Waals surface area contributed by atoms with Gasteiger partial charge in [-0.15, -0.1) is 0 Å². The summed E-state index contributed by atoms with van der Waals surface area (Å²) in [5, 5.41) is 0.194. The standard InChI is InChI=1S/C22H38O4SSi/c1-17-9-11-19(12-10-17)27(23,24)25-15-18(2)20-13-14-22(20,6)16-26-28(7,8)21(3,4)5/h9-12,18,20H,13-16H2,1-8H3/t18-,20+,22+/m1/s1. The summed E-state index contributed by atoms with van der Waals surface area (Å²) in [4.78, 5) is 0.225. The Kier molecular flexibility index (Phi) is 6.91. The molecule has 1 saturated carbocycles. The molecule has 0 N–H and O–H groups in total. The Morgan fingerprint density at radius 3 is 2.25 bits per heavy atom. The number of hydrogen-bond donors (Lipinski definition) is 0. The third-order valence-electron chi connectivity index (χ3n) is 6.97. The molecule has 1 aromatic rings. The predicted octanol–water partition coefficient (Wildman–Crippen LogP) is 5.77. The Labute approximate surface area is 173 Å². The van der Waals surface area contributed by atoms with Crippen molar-refractivity contribution >= 4 is 18.4 Å². The van der Waals surface area contributed by atoms with E-state index in [0.29, 0.717) is 5.92 Å².